The topological polar surface area (TPSA) is 53.6 Å². The Labute approximate surface area is 134 Å². The molecule has 0 aromatic heterocycles. The van der Waals surface area contributed by atoms with Crippen molar-refractivity contribution in [3.05, 3.63) is 29.8 Å². The molecule has 1 rings (SSSR count). The Bertz CT molecular complexity index is 464. The predicted molar refractivity (Wildman–Crippen MR) is 91.2 cm³/mol. The predicted octanol–water partition coefficient (Wildman–Crippen LogP) is 3.07. The van der Waals surface area contributed by atoms with Crippen LogP contribution in [-0.2, 0) is 11.3 Å². The molecule has 0 heterocycles. The Morgan fingerprint density at radius 3 is 2.32 bits per heavy atom. The molecule has 5 nitrogen and oxygen atoms in total. The first kappa shape index (κ1) is 18.3. The van der Waals surface area contributed by atoms with E-state index in [1.54, 1.807) is 0 Å². The second-order valence-electron chi connectivity index (χ2n) is 6.86. The molecule has 0 fully saturated rings. The molecular weight excluding hydrogens is 278 g/mol. The first-order valence-corrected chi connectivity index (χ1v) is 7.63. The first-order valence-electron chi connectivity index (χ1n) is 7.63. The number of alkyl carbamates (subject to hydrolysis) is 1. The molecule has 0 radical (unpaired) electrons. The normalized spacial score (nSPS) is 12.9. The van der Waals surface area contributed by atoms with Gasteiger partial charge in [-0.25, -0.2) is 4.79 Å². The van der Waals surface area contributed by atoms with E-state index >= 15 is 0 Å². The molecule has 5 heteroatoms. The molecular formula is C17H29N3O2. The zero-order chi connectivity index (χ0) is 16.8. The lowest BCUT2D eigenvalue weighted by Crippen LogP contribution is -2.38. The summed E-state index contributed by atoms with van der Waals surface area (Å²) in [5.41, 5.74) is 1.85. The highest BCUT2D eigenvalue weighted by molar-refractivity contribution is 5.67. The van der Waals surface area contributed by atoms with Gasteiger partial charge in [0.1, 0.15) is 5.60 Å². The third-order valence-electron chi connectivity index (χ3n) is 2.82. The molecule has 0 spiro atoms. The maximum Gasteiger partial charge on any atom is 0.407 e. The first-order chi connectivity index (χ1) is 10.2. The molecule has 0 bridgehead atoms. The molecule has 1 atom stereocenters. The van der Waals surface area contributed by atoms with Crippen molar-refractivity contribution in [2.75, 3.05) is 26.0 Å². The fraction of sp³-hybridized carbons (Fsp3) is 0.588. The minimum atomic E-state index is -0.469. The molecule has 0 aliphatic carbocycles. The standard InChI is InChI=1S/C17H29N3O2/c1-13(11-18-16(21)22-17(2,3)4)19-15-9-7-14(8-10-15)12-20(5)6/h7-10,13,19H,11-12H2,1-6H3,(H,18,21). The molecule has 2 N–H and O–H groups in total. The summed E-state index contributed by atoms with van der Waals surface area (Å²) in [4.78, 5) is 13.7. The second kappa shape index (κ2) is 8.03. The number of hydrogen-bond acceptors (Lipinski definition) is 4. The van der Waals surface area contributed by atoms with Crippen molar-refractivity contribution < 1.29 is 9.53 Å². The van der Waals surface area contributed by atoms with Crippen molar-refractivity contribution in [3.8, 4) is 0 Å². The number of hydrogen-bond donors (Lipinski definition) is 2. The van der Waals surface area contributed by atoms with Gasteiger partial charge >= 0.3 is 6.09 Å². The van der Waals surface area contributed by atoms with Gasteiger partial charge in [-0.1, -0.05) is 12.1 Å². The van der Waals surface area contributed by atoms with Gasteiger partial charge in [0.05, 0.1) is 0 Å². The third-order valence-corrected chi connectivity index (χ3v) is 2.82. The maximum atomic E-state index is 11.6. The fourth-order valence-corrected chi connectivity index (χ4v) is 1.96. The van der Waals surface area contributed by atoms with Crippen molar-refractivity contribution in [1.29, 1.82) is 0 Å². The van der Waals surface area contributed by atoms with E-state index in [9.17, 15) is 4.79 Å². The summed E-state index contributed by atoms with van der Waals surface area (Å²) in [7, 11) is 4.10. The van der Waals surface area contributed by atoms with Crippen LogP contribution in [0.5, 0.6) is 0 Å². The second-order valence-corrected chi connectivity index (χ2v) is 6.86. The van der Waals surface area contributed by atoms with Crippen molar-refractivity contribution >= 4 is 11.8 Å². The lowest BCUT2D eigenvalue weighted by molar-refractivity contribution is 0.0526. The number of nitrogens with one attached hydrogen (secondary N) is 2. The van der Waals surface area contributed by atoms with E-state index in [2.05, 4.69) is 53.9 Å². The van der Waals surface area contributed by atoms with E-state index in [1.165, 1.54) is 5.56 Å². The average Bonchev–Trinajstić information content (AvgIpc) is 2.36. The van der Waals surface area contributed by atoms with Crippen molar-refractivity contribution in [2.45, 2.75) is 45.9 Å². The minimum absolute atomic E-state index is 0.118. The van der Waals surface area contributed by atoms with Gasteiger partial charge in [0, 0.05) is 24.8 Å². The molecule has 0 aliphatic rings. The van der Waals surface area contributed by atoms with E-state index in [1.807, 2.05) is 27.7 Å². The number of benzene rings is 1. The Morgan fingerprint density at radius 1 is 1.23 bits per heavy atom. The SMILES string of the molecule is CC(CNC(=O)OC(C)(C)C)Nc1ccc(CN(C)C)cc1. The van der Waals surface area contributed by atoms with Crippen LogP contribution < -0.4 is 10.6 Å². The van der Waals surface area contributed by atoms with Crippen LogP contribution in [-0.4, -0.2) is 43.3 Å². The molecule has 0 saturated heterocycles. The average molecular weight is 307 g/mol. The lowest BCUT2D eigenvalue weighted by Gasteiger charge is -2.21. The molecule has 1 aromatic carbocycles. The summed E-state index contributed by atoms with van der Waals surface area (Å²) in [6.45, 7) is 9.01. The fourth-order valence-electron chi connectivity index (χ4n) is 1.96. The Kier molecular flexibility index (Phi) is 6.68. The summed E-state index contributed by atoms with van der Waals surface area (Å²) < 4.78 is 5.21. The number of anilines is 1. The largest absolute Gasteiger partial charge is 0.444 e. The van der Waals surface area contributed by atoms with E-state index in [0.717, 1.165) is 12.2 Å². The van der Waals surface area contributed by atoms with Crippen molar-refractivity contribution in [1.82, 2.24) is 10.2 Å². The van der Waals surface area contributed by atoms with E-state index in [0.29, 0.717) is 6.54 Å². The van der Waals surface area contributed by atoms with Gasteiger partial charge < -0.3 is 20.3 Å². The maximum absolute atomic E-state index is 11.6. The van der Waals surface area contributed by atoms with Crippen molar-refractivity contribution in [2.24, 2.45) is 0 Å². The molecule has 124 valence electrons. The van der Waals surface area contributed by atoms with Crippen LogP contribution in [0.2, 0.25) is 0 Å². The van der Waals surface area contributed by atoms with Crippen molar-refractivity contribution in [3.63, 3.8) is 0 Å². The number of carbonyl (C=O) groups excluding carboxylic acids is 1. The number of ether oxygens (including phenoxy) is 1. The monoisotopic (exact) mass is 307 g/mol. The summed E-state index contributed by atoms with van der Waals surface area (Å²) >= 11 is 0. The third kappa shape index (κ3) is 7.88. The quantitative estimate of drug-likeness (QED) is 0.848. The zero-order valence-electron chi connectivity index (χ0n) is 14.6. The van der Waals surface area contributed by atoms with Crippen LogP contribution in [0, 0.1) is 0 Å². The van der Waals surface area contributed by atoms with Crippen LogP contribution in [0.15, 0.2) is 24.3 Å². The summed E-state index contributed by atoms with van der Waals surface area (Å²) in [6, 6.07) is 8.45. The highest BCUT2D eigenvalue weighted by atomic mass is 16.6. The van der Waals surface area contributed by atoms with Gasteiger partial charge in [-0.2, -0.15) is 0 Å². The van der Waals surface area contributed by atoms with Crippen LogP contribution in [0.25, 0.3) is 0 Å². The number of amides is 1. The highest BCUT2D eigenvalue weighted by Crippen LogP contribution is 2.12. The summed E-state index contributed by atoms with van der Waals surface area (Å²) in [5.74, 6) is 0. The van der Waals surface area contributed by atoms with E-state index in [-0.39, 0.29) is 12.1 Å². The molecule has 0 aliphatic heterocycles. The summed E-state index contributed by atoms with van der Waals surface area (Å²) in [6.07, 6.45) is -0.387. The lowest BCUT2D eigenvalue weighted by atomic mass is 10.2. The van der Waals surface area contributed by atoms with Crippen LogP contribution in [0.4, 0.5) is 10.5 Å². The van der Waals surface area contributed by atoms with Gasteiger partial charge in [0.15, 0.2) is 0 Å². The van der Waals surface area contributed by atoms with E-state index in [4.69, 9.17) is 4.74 Å². The van der Waals surface area contributed by atoms with Gasteiger partial charge in [-0.3, -0.25) is 0 Å². The van der Waals surface area contributed by atoms with Gasteiger partial charge in [-0.15, -0.1) is 0 Å². The van der Waals surface area contributed by atoms with Crippen LogP contribution in [0.1, 0.15) is 33.3 Å². The number of rotatable bonds is 6. The van der Waals surface area contributed by atoms with Gasteiger partial charge in [0.25, 0.3) is 0 Å². The van der Waals surface area contributed by atoms with Gasteiger partial charge in [0.2, 0.25) is 0 Å². The Hall–Kier alpha value is -1.75. The molecule has 1 amide bonds. The van der Waals surface area contributed by atoms with Gasteiger partial charge in [-0.05, 0) is 59.5 Å². The Morgan fingerprint density at radius 2 is 1.82 bits per heavy atom. The number of nitrogens with zero attached hydrogens (tertiary/aromatic N) is 1. The van der Waals surface area contributed by atoms with Crippen LogP contribution in [0.3, 0.4) is 0 Å². The summed E-state index contributed by atoms with van der Waals surface area (Å²) in [5, 5.41) is 6.12. The zero-order valence-corrected chi connectivity index (χ0v) is 14.6. The Balaban J connectivity index is 2.38. The molecule has 22 heavy (non-hydrogen) atoms. The van der Waals surface area contributed by atoms with E-state index < -0.39 is 5.60 Å². The smallest absolute Gasteiger partial charge is 0.407 e. The van der Waals surface area contributed by atoms with Crippen LogP contribution >= 0.6 is 0 Å². The minimum Gasteiger partial charge on any atom is -0.444 e. The molecule has 1 aromatic rings. The number of carbonyl (C=O) groups is 1. The highest BCUT2D eigenvalue weighted by Gasteiger charge is 2.16. The molecule has 1 unspecified atom stereocenters. The molecule has 0 saturated carbocycles.